The van der Waals surface area contributed by atoms with Crippen LogP contribution in [0.15, 0.2) is 33.8 Å². The van der Waals surface area contributed by atoms with E-state index in [1.165, 1.54) is 25.5 Å². The molecule has 0 radical (unpaired) electrons. The fraction of sp³-hybridized carbons (Fsp3) is 0.435. The SMILES string of the molecule is O=c1c(CN2CCc3nc(C4CCCCC4)ncc3C2)coc2c([N+](=O)[O-])cc(F)cc12. The molecule has 0 bridgehead atoms. The van der Waals surface area contributed by atoms with Crippen molar-refractivity contribution < 1.29 is 13.7 Å². The molecular weight excluding hydrogens is 415 g/mol. The molecule has 1 fully saturated rings. The van der Waals surface area contributed by atoms with Gasteiger partial charge in [-0.2, -0.15) is 0 Å². The minimum atomic E-state index is -0.841. The Morgan fingerprint density at radius 2 is 2.06 bits per heavy atom. The predicted molar refractivity (Wildman–Crippen MR) is 115 cm³/mol. The van der Waals surface area contributed by atoms with Crippen molar-refractivity contribution in [3.05, 3.63) is 73.4 Å². The van der Waals surface area contributed by atoms with Crippen molar-refractivity contribution in [2.24, 2.45) is 0 Å². The van der Waals surface area contributed by atoms with Crippen molar-refractivity contribution in [3.8, 4) is 0 Å². The van der Waals surface area contributed by atoms with Crippen molar-refractivity contribution in [2.45, 2.75) is 57.5 Å². The molecule has 1 aliphatic heterocycles. The number of non-ortho nitro benzene ring substituents is 1. The van der Waals surface area contributed by atoms with Gasteiger partial charge in [-0.3, -0.25) is 19.8 Å². The fourth-order valence-corrected chi connectivity index (χ4v) is 4.80. The molecule has 1 aliphatic carbocycles. The summed E-state index contributed by atoms with van der Waals surface area (Å²) in [5.41, 5.74) is 1.23. The number of nitrogens with zero attached hydrogens (tertiary/aromatic N) is 4. The molecular formula is C23H23FN4O4. The third-order valence-electron chi connectivity index (χ3n) is 6.48. The van der Waals surface area contributed by atoms with E-state index in [0.717, 1.165) is 55.0 Å². The predicted octanol–water partition coefficient (Wildman–Crippen LogP) is 4.24. The number of benzene rings is 1. The van der Waals surface area contributed by atoms with E-state index in [2.05, 4.69) is 9.88 Å². The van der Waals surface area contributed by atoms with E-state index >= 15 is 0 Å². The second kappa shape index (κ2) is 8.38. The summed E-state index contributed by atoms with van der Waals surface area (Å²) in [6.45, 7) is 1.61. The van der Waals surface area contributed by atoms with Crippen molar-refractivity contribution in [1.29, 1.82) is 0 Å². The molecule has 2 aromatic heterocycles. The minimum Gasteiger partial charge on any atom is -0.456 e. The lowest BCUT2D eigenvalue weighted by Gasteiger charge is -2.28. The zero-order valence-electron chi connectivity index (χ0n) is 17.6. The zero-order valence-corrected chi connectivity index (χ0v) is 17.6. The van der Waals surface area contributed by atoms with Gasteiger partial charge in [-0.1, -0.05) is 19.3 Å². The van der Waals surface area contributed by atoms with Gasteiger partial charge in [0.2, 0.25) is 5.58 Å². The van der Waals surface area contributed by atoms with Gasteiger partial charge < -0.3 is 4.42 Å². The number of aromatic nitrogens is 2. The summed E-state index contributed by atoms with van der Waals surface area (Å²) in [4.78, 5) is 34.9. The van der Waals surface area contributed by atoms with Crippen molar-refractivity contribution in [3.63, 3.8) is 0 Å². The lowest BCUT2D eigenvalue weighted by molar-refractivity contribution is -0.383. The molecule has 5 rings (SSSR count). The summed E-state index contributed by atoms with van der Waals surface area (Å²) >= 11 is 0. The molecule has 3 heterocycles. The Bertz CT molecular complexity index is 1250. The van der Waals surface area contributed by atoms with E-state index in [9.17, 15) is 19.3 Å². The molecule has 1 saturated carbocycles. The van der Waals surface area contributed by atoms with Gasteiger partial charge in [0, 0.05) is 55.0 Å². The van der Waals surface area contributed by atoms with Crippen LogP contribution in [0.5, 0.6) is 0 Å². The second-order valence-electron chi connectivity index (χ2n) is 8.64. The quantitative estimate of drug-likeness (QED) is 0.443. The average Bonchev–Trinajstić information content (AvgIpc) is 2.81. The van der Waals surface area contributed by atoms with Gasteiger partial charge in [-0.15, -0.1) is 0 Å². The second-order valence-corrected chi connectivity index (χ2v) is 8.64. The van der Waals surface area contributed by atoms with Crippen LogP contribution in [0.2, 0.25) is 0 Å². The van der Waals surface area contributed by atoms with Gasteiger partial charge in [0.25, 0.3) is 0 Å². The number of hydrogen-bond acceptors (Lipinski definition) is 7. The highest BCUT2D eigenvalue weighted by Gasteiger charge is 2.25. The van der Waals surface area contributed by atoms with E-state index in [1.807, 2.05) is 6.20 Å². The Hall–Kier alpha value is -3.20. The molecule has 8 nitrogen and oxygen atoms in total. The lowest BCUT2D eigenvalue weighted by atomic mass is 9.88. The highest BCUT2D eigenvalue weighted by atomic mass is 19.1. The highest BCUT2D eigenvalue weighted by Crippen LogP contribution is 2.31. The Morgan fingerprint density at radius 3 is 2.84 bits per heavy atom. The van der Waals surface area contributed by atoms with Gasteiger partial charge in [-0.05, 0) is 18.9 Å². The summed E-state index contributed by atoms with van der Waals surface area (Å²) in [6.07, 6.45) is 9.98. The van der Waals surface area contributed by atoms with Crippen LogP contribution in [0.1, 0.15) is 60.7 Å². The third kappa shape index (κ3) is 3.88. The topological polar surface area (TPSA) is 102 Å². The molecule has 0 N–H and O–H groups in total. The third-order valence-corrected chi connectivity index (χ3v) is 6.48. The molecule has 1 aromatic carbocycles. The molecule has 2 aliphatic rings. The first kappa shape index (κ1) is 20.7. The molecule has 0 spiro atoms. The molecule has 3 aromatic rings. The minimum absolute atomic E-state index is 0.118. The number of nitro groups is 1. The molecule has 0 amide bonds. The van der Waals surface area contributed by atoms with E-state index in [4.69, 9.17) is 9.40 Å². The van der Waals surface area contributed by atoms with Crippen LogP contribution in [0.25, 0.3) is 11.0 Å². The van der Waals surface area contributed by atoms with Gasteiger partial charge in [0.15, 0.2) is 5.43 Å². The normalized spacial score (nSPS) is 17.4. The van der Waals surface area contributed by atoms with Crippen LogP contribution in [0.4, 0.5) is 10.1 Å². The average molecular weight is 438 g/mol. The standard InChI is InChI=1S/C23H23FN4O4/c24-17-8-18-21(29)16(13-32-22(18)20(9-17)28(30)31)12-27-7-6-19-15(11-27)10-25-23(26-19)14-4-2-1-3-5-14/h8-10,13-14H,1-7,11-12H2. The first-order valence-corrected chi connectivity index (χ1v) is 10.9. The van der Waals surface area contributed by atoms with Gasteiger partial charge in [-0.25, -0.2) is 14.4 Å². The van der Waals surface area contributed by atoms with E-state index < -0.39 is 21.9 Å². The van der Waals surface area contributed by atoms with Crippen LogP contribution in [-0.4, -0.2) is 26.3 Å². The summed E-state index contributed by atoms with van der Waals surface area (Å²) in [6, 6.07) is 1.75. The van der Waals surface area contributed by atoms with Crippen LogP contribution < -0.4 is 5.43 Å². The smallest absolute Gasteiger partial charge is 0.315 e. The van der Waals surface area contributed by atoms with E-state index in [1.54, 1.807) is 0 Å². The molecule has 0 saturated heterocycles. The Kier molecular flexibility index (Phi) is 5.42. The summed E-state index contributed by atoms with van der Waals surface area (Å²) in [7, 11) is 0. The lowest BCUT2D eigenvalue weighted by Crippen LogP contribution is -2.33. The molecule has 166 valence electrons. The summed E-state index contributed by atoms with van der Waals surface area (Å²) < 4.78 is 19.3. The maximum Gasteiger partial charge on any atom is 0.315 e. The highest BCUT2D eigenvalue weighted by molar-refractivity contribution is 5.85. The first-order valence-electron chi connectivity index (χ1n) is 10.9. The number of rotatable bonds is 4. The summed E-state index contributed by atoms with van der Waals surface area (Å²) in [5, 5.41) is 11.1. The fourth-order valence-electron chi connectivity index (χ4n) is 4.80. The van der Waals surface area contributed by atoms with Crippen LogP contribution in [0, 0.1) is 15.9 Å². The number of nitro benzene ring substituents is 1. The van der Waals surface area contributed by atoms with Crippen LogP contribution in [-0.2, 0) is 19.5 Å². The Morgan fingerprint density at radius 1 is 1.25 bits per heavy atom. The monoisotopic (exact) mass is 438 g/mol. The maximum atomic E-state index is 13.9. The largest absolute Gasteiger partial charge is 0.456 e. The molecule has 0 atom stereocenters. The van der Waals surface area contributed by atoms with Gasteiger partial charge in [0.1, 0.15) is 11.6 Å². The number of halogens is 1. The maximum absolute atomic E-state index is 13.9. The van der Waals surface area contributed by atoms with Crippen molar-refractivity contribution >= 4 is 16.7 Å². The van der Waals surface area contributed by atoms with E-state index in [0.29, 0.717) is 24.6 Å². The number of hydrogen-bond donors (Lipinski definition) is 0. The first-order chi connectivity index (χ1) is 15.5. The van der Waals surface area contributed by atoms with Crippen molar-refractivity contribution in [2.75, 3.05) is 6.54 Å². The Labute approximate surface area is 183 Å². The number of fused-ring (bicyclic) bond motifs is 2. The summed E-state index contributed by atoms with van der Waals surface area (Å²) in [5.74, 6) is 0.570. The Balaban J connectivity index is 1.37. The van der Waals surface area contributed by atoms with Gasteiger partial charge in [0.05, 0.1) is 22.6 Å². The van der Waals surface area contributed by atoms with Crippen LogP contribution in [0.3, 0.4) is 0 Å². The van der Waals surface area contributed by atoms with Crippen LogP contribution >= 0.6 is 0 Å². The van der Waals surface area contributed by atoms with E-state index in [-0.39, 0.29) is 11.0 Å². The van der Waals surface area contributed by atoms with Crippen molar-refractivity contribution in [1.82, 2.24) is 14.9 Å². The van der Waals surface area contributed by atoms with Gasteiger partial charge >= 0.3 is 5.69 Å². The molecule has 32 heavy (non-hydrogen) atoms. The molecule has 9 heteroatoms. The molecule has 0 unspecified atom stereocenters. The zero-order chi connectivity index (χ0) is 22.2.